The van der Waals surface area contributed by atoms with Crippen LogP contribution >= 0.6 is 15.9 Å². The highest BCUT2D eigenvalue weighted by Gasteiger charge is 2.07. The monoisotopic (exact) mass is 202 g/mol. The number of hydrogen-bond acceptors (Lipinski definition) is 2. The van der Waals surface area contributed by atoms with Crippen molar-refractivity contribution in [3.05, 3.63) is 22.6 Å². The van der Waals surface area contributed by atoms with Gasteiger partial charge in [-0.1, -0.05) is 0 Å². The number of furan rings is 1. The number of carbonyl (C=O) groups is 1. The smallest absolute Gasteiger partial charge is 0.130 e. The zero-order valence-corrected chi connectivity index (χ0v) is 7.09. The van der Waals surface area contributed by atoms with Crippen LogP contribution in [0.3, 0.4) is 0 Å². The number of hydrogen-bond donors (Lipinski definition) is 0. The van der Waals surface area contributed by atoms with Gasteiger partial charge in [-0.3, -0.25) is 0 Å². The van der Waals surface area contributed by atoms with Gasteiger partial charge in [-0.25, -0.2) is 0 Å². The molecule has 0 saturated heterocycles. The molecule has 0 aliphatic carbocycles. The molecule has 10 heavy (non-hydrogen) atoms. The Balaban J connectivity index is 2.84. The SMILES string of the molecule is CC(C=O)c1cc(Br)co1. The minimum Gasteiger partial charge on any atom is -0.467 e. The van der Waals surface area contributed by atoms with Crippen LogP contribution in [0.25, 0.3) is 0 Å². The molecule has 1 unspecified atom stereocenters. The first-order valence-corrected chi connectivity index (χ1v) is 3.72. The van der Waals surface area contributed by atoms with Gasteiger partial charge in [0.15, 0.2) is 0 Å². The van der Waals surface area contributed by atoms with E-state index in [-0.39, 0.29) is 5.92 Å². The molecule has 54 valence electrons. The van der Waals surface area contributed by atoms with Crippen molar-refractivity contribution >= 4 is 22.2 Å². The van der Waals surface area contributed by atoms with Crippen molar-refractivity contribution in [2.45, 2.75) is 12.8 Å². The Morgan fingerprint density at radius 2 is 2.50 bits per heavy atom. The van der Waals surface area contributed by atoms with E-state index >= 15 is 0 Å². The molecule has 2 nitrogen and oxygen atoms in total. The lowest BCUT2D eigenvalue weighted by atomic mass is 10.1. The maximum atomic E-state index is 10.2. The van der Waals surface area contributed by atoms with Crippen LogP contribution in [0.2, 0.25) is 0 Å². The molecule has 0 aliphatic rings. The molecule has 1 aromatic rings. The van der Waals surface area contributed by atoms with Gasteiger partial charge in [-0.15, -0.1) is 0 Å². The van der Waals surface area contributed by atoms with Gasteiger partial charge in [0.2, 0.25) is 0 Å². The zero-order valence-electron chi connectivity index (χ0n) is 5.50. The molecule has 0 N–H and O–H groups in total. The van der Waals surface area contributed by atoms with Gasteiger partial charge in [-0.05, 0) is 28.9 Å². The number of halogens is 1. The lowest BCUT2D eigenvalue weighted by Crippen LogP contribution is -1.89. The molecule has 1 rings (SSSR count). The summed E-state index contributed by atoms with van der Waals surface area (Å²) >= 11 is 3.22. The van der Waals surface area contributed by atoms with E-state index in [1.807, 2.05) is 0 Å². The molecule has 1 atom stereocenters. The van der Waals surface area contributed by atoms with Gasteiger partial charge in [0, 0.05) is 0 Å². The predicted molar refractivity (Wildman–Crippen MR) is 40.9 cm³/mol. The van der Waals surface area contributed by atoms with Gasteiger partial charge in [-0.2, -0.15) is 0 Å². The van der Waals surface area contributed by atoms with Crippen LogP contribution in [-0.2, 0) is 4.79 Å². The van der Waals surface area contributed by atoms with Crippen LogP contribution < -0.4 is 0 Å². The summed E-state index contributed by atoms with van der Waals surface area (Å²) in [5.41, 5.74) is 0. The predicted octanol–water partition coefficient (Wildman–Crippen LogP) is 2.34. The maximum absolute atomic E-state index is 10.2. The third kappa shape index (κ3) is 1.48. The molecule has 0 spiro atoms. The first-order valence-electron chi connectivity index (χ1n) is 2.93. The second kappa shape index (κ2) is 3.01. The molecule has 0 fully saturated rings. The lowest BCUT2D eigenvalue weighted by molar-refractivity contribution is -0.109. The second-order valence-corrected chi connectivity index (χ2v) is 3.01. The number of carbonyl (C=O) groups excluding carboxylic acids is 1. The molecular formula is C7H7BrO2. The Bertz CT molecular complexity index is 229. The molecule has 0 bridgehead atoms. The molecule has 0 radical (unpaired) electrons. The van der Waals surface area contributed by atoms with E-state index in [9.17, 15) is 4.79 Å². The summed E-state index contributed by atoms with van der Waals surface area (Å²) in [5, 5.41) is 0. The van der Waals surface area contributed by atoms with E-state index in [4.69, 9.17) is 4.42 Å². The van der Waals surface area contributed by atoms with Crippen LogP contribution in [0.15, 0.2) is 21.2 Å². The normalized spacial score (nSPS) is 13.0. The molecule has 1 aromatic heterocycles. The van der Waals surface area contributed by atoms with Crippen molar-refractivity contribution in [3.63, 3.8) is 0 Å². The van der Waals surface area contributed by atoms with E-state index in [0.29, 0.717) is 5.76 Å². The van der Waals surface area contributed by atoms with E-state index in [2.05, 4.69) is 15.9 Å². The van der Waals surface area contributed by atoms with Crippen LogP contribution in [0.4, 0.5) is 0 Å². The highest BCUT2D eigenvalue weighted by Crippen LogP contribution is 2.19. The van der Waals surface area contributed by atoms with E-state index < -0.39 is 0 Å². The maximum Gasteiger partial charge on any atom is 0.130 e. The number of rotatable bonds is 2. The molecular weight excluding hydrogens is 196 g/mol. The highest BCUT2D eigenvalue weighted by atomic mass is 79.9. The zero-order chi connectivity index (χ0) is 7.56. The first-order chi connectivity index (χ1) is 4.74. The van der Waals surface area contributed by atoms with Gasteiger partial charge in [0.25, 0.3) is 0 Å². The quantitative estimate of drug-likeness (QED) is 0.690. The molecule has 0 amide bonds. The standard InChI is InChI=1S/C7H7BrO2/c1-5(3-9)7-2-6(8)4-10-7/h2-5H,1H3. The summed E-state index contributed by atoms with van der Waals surface area (Å²) in [6.45, 7) is 1.79. The average Bonchev–Trinajstić information content (AvgIpc) is 2.34. The fraction of sp³-hybridized carbons (Fsp3) is 0.286. The Hall–Kier alpha value is -0.570. The largest absolute Gasteiger partial charge is 0.467 e. The van der Waals surface area contributed by atoms with Crippen LogP contribution in [0.5, 0.6) is 0 Å². The summed E-state index contributed by atoms with van der Waals surface area (Å²) in [6.07, 6.45) is 2.42. The van der Waals surface area contributed by atoms with Gasteiger partial charge >= 0.3 is 0 Å². The first kappa shape index (κ1) is 7.54. The third-order valence-electron chi connectivity index (χ3n) is 1.24. The summed E-state index contributed by atoms with van der Waals surface area (Å²) in [6, 6.07) is 1.79. The van der Waals surface area contributed by atoms with E-state index in [1.165, 1.54) is 0 Å². The van der Waals surface area contributed by atoms with E-state index in [1.54, 1.807) is 19.3 Å². The Morgan fingerprint density at radius 3 is 2.90 bits per heavy atom. The average molecular weight is 203 g/mol. The van der Waals surface area contributed by atoms with Gasteiger partial charge in [0.05, 0.1) is 10.4 Å². The minimum absolute atomic E-state index is 0.147. The van der Waals surface area contributed by atoms with Crippen molar-refractivity contribution in [1.82, 2.24) is 0 Å². The van der Waals surface area contributed by atoms with Crippen molar-refractivity contribution in [2.75, 3.05) is 0 Å². The third-order valence-corrected chi connectivity index (χ3v) is 1.66. The Labute approximate surface area is 67.3 Å². The van der Waals surface area contributed by atoms with Crippen LogP contribution in [0.1, 0.15) is 18.6 Å². The van der Waals surface area contributed by atoms with Crippen molar-refractivity contribution in [1.29, 1.82) is 0 Å². The summed E-state index contributed by atoms with van der Waals surface area (Å²) in [7, 11) is 0. The highest BCUT2D eigenvalue weighted by molar-refractivity contribution is 9.10. The van der Waals surface area contributed by atoms with E-state index in [0.717, 1.165) is 10.8 Å². The number of aldehydes is 1. The lowest BCUT2D eigenvalue weighted by Gasteiger charge is -1.93. The fourth-order valence-electron chi connectivity index (χ4n) is 0.634. The second-order valence-electron chi connectivity index (χ2n) is 2.09. The summed E-state index contributed by atoms with van der Waals surface area (Å²) < 4.78 is 5.91. The van der Waals surface area contributed by atoms with Gasteiger partial charge < -0.3 is 9.21 Å². The summed E-state index contributed by atoms with van der Waals surface area (Å²) in [4.78, 5) is 10.2. The minimum atomic E-state index is -0.147. The molecule has 0 aromatic carbocycles. The van der Waals surface area contributed by atoms with Crippen molar-refractivity contribution in [3.8, 4) is 0 Å². The Kier molecular flexibility index (Phi) is 2.27. The molecule has 3 heteroatoms. The Morgan fingerprint density at radius 1 is 1.80 bits per heavy atom. The molecule has 0 aliphatic heterocycles. The van der Waals surface area contributed by atoms with Gasteiger partial charge in [0.1, 0.15) is 18.3 Å². The molecule has 0 saturated carbocycles. The fourth-order valence-corrected chi connectivity index (χ4v) is 0.953. The summed E-state index contributed by atoms with van der Waals surface area (Å²) in [5.74, 6) is 0.549. The van der Waals surface area contributed by atoms with Crippen molar-refractivity contribution < 1.29 is 9.21 Å². The molecule has 1 heterocycles. The topological polar surface area (TPSA) is 30.2 Å². The van der Waals surface area contributed by atoms with Crippen LogP contribution in [0, 0.1) is 0 Å². The van der Waals surface area contributed by atoms with Crippen LogP contribution in [-0.4, -0.2) is 6.29 Å². The van der Waals surface area contributed by atoms with Crippen molar-refractivity contribution in [2.24, 2.45) is 0 Å².